The molecule has 0 saturated carbocycles. The van der Waals surface area contributed by atoms with E-state index >= 15 is 0 Å². The van der Waals surface area contributed by atoms with E-state index in [4.69, 9.17) is 5.84 Å². The van der Waals surface area contributed by atoms with E-state index in [1.807, 2.05) is 0 Å². The van der Waals surface area contributed by atoms with Crippen molar-refractivity contribution < 1.29 is 4.79 Å². The summed E-state index contributed by atoms with van der Waals surface area (Å²) < 4.78 is 0. The van der Waals surface area contributed by atoms with Crippen molar-refractivity contribution in [3.63, 3.8) is 0 Å². The average molecular weight is 175 g/mol. The number of nitrogens with two attached hydrogens (primary N) is 1. The highest BCUT2D eigenvalue weighted by atomic mass is 32.2. The number of nitrogens with one attached hydrogen (secondary N) is 1. The summed E-state index contributed by atoms with van der Waals surface area (Å²) in [6, 6.07) is -0.165. The summed E-state index contributed by atoms with van der Waals surface area (Å²) in [6.45, 7) is 1.65. The fraction of sp³-hybridized carbons (Fsp3) is 0.833. The first-order valence-corrected chi connectivity index (χ1v) is 4.85. The van der Waals surface area contributed by atoms with Crippen molar-refractivity contribution in [2.75, 3.05) is 19.3 Å². The topological polar surface area (TPSA) is 58.4 Å². The third-order valence-electron chi connectivity index (χ3n) is 1.89. The zero-order valence-corrected chi connectivity index (χ0v) is 7.36. The SMILES string of the molecule is CSC1CCN(C(=O)NN)C1. The number of likely N-dealkylation sites (tertiary alicyclic amines) is 1. The van der Waals surface area contributed by atoms with Gasteiger partial charge in [0.25, 0.3) is 0 Å². The number of amides is 2. The Morgan fingerprint density at radius 1 is 1.82 bits per heavy atom. The largest absolute Gasteiger partial charge is 0.331 e. The van der Waals surface area contributed by atoms with Gasteiger partial charge < -0.3 is 4.90 Å². The zero-order valence-electron chi connectivity index (χ0n) is 6.54. The predicted octanol–water partition coefficient (Wildman–Crippen LogP) is 0.00700. The van der Waals surface area contributed by atoms with Crippen LogP contribution in [0.4, 0.5) is 4.79 Å². The molecule has 1 heterocycles. The predicted molar refractivity (Wildman–Crippen MR) is 46.2 cm³/mol. The lowest BCUT2D eigenvalue weighted by atomic mass is 10.4. The van der Waals surface area contributed by atoms with Gasteiger partial charge in [-0.25, -0.2) is 10.6 Å². The van der Waals surface area contributed by atoms with Gasteiger partial charge in [0, 0.05) is 18.3 Å². The van der Waals surface area contributed by atoms with Crippen LogP contribution in [0, 0.1) is 0 Å². The van der Waals surface area contributed by atoms with Crippen LogP contribution in [-0.4, -0.2) is 35.5 Å². The lowest BCUT2D eigenvalue weighted by Crippen LogP contribution is -2.42. The number of hydrogen-bond donors (Lipinski definition) is 2. The molecule has 0 radical (unpaired) electrons. The second kappa shape index (κ2) is 3.82. The van der Waals surface area contributed by atoms with E-state index in [1.54, 1.807) is 16.7 Å². The van der Waals surface area contributed by atoms with Gasteiger partial charge in [0.2, 0.25) is 0 Å². The van der Waals surface area contributed by atoms with Crippen LogP contribution in [0.25, 0.3) is 0 Å². The van der Waals surface area contributed by atoms with Gasteiger partial charge in [-0.15, -0.1) is 0 Å². The number of thioether (sulfide) groups is 1. The molecule has 64 valence electrons. The highest BCUT2D eigenvalue weighted by Gasteiger charge is 2.24. The number of nitrogens with zero attached hydrogens (tertiary/aromatic N) is 1. The molecule has 0 aliphatic carbocycles. The Bertz CT molecular complexity index is 153. The van der Waals surface area contributed by atoms with E-state index in [0.717, 1.165) is 19.5 Å². The molecular formula is C6H13N3OS. The minimum Gasteiger partial charge on any atom is -0.323 e. The molecule has 0 aromatic heterocycles. The highest BCUT2D eigenvalue weighted by Crippen LogP contribution is 2.19. The molecule has 1 atom stereocenters. The molecule has 0 aromatic carbocycles. The quantitative estimate of drug-likeness (QED) is 0.335. The van der Waals surface area contributed by atoms with Crippen LogP contribution in [0.3, 0.4) is 0 Å². The summed E-state index contributed by atoms with van der Waals surface area (Å²) in [7, 11) is 0. The van der Waals surface area contributed by atoms with Crippen LogP contribution in [0.1, 0.15) is 6.42 Å². The normalized spacial score (nSPS) is 23.8. The molecule has 4 nitrogen and oxygen atoms in total. The number of carbonyl (C=O) groups excluding carboxylic acids is 1. The fourth-order valence-electron chi connectivity index (χ4n) is 1.20. The Balaban J connectivity index is 2.35. The Morgan fingerprint density at radius 2 is 2.55 bits per heavy atom. The zero-order chi connectivity index (χ0) is 8.27. The Kier molecular flexibility index (Phi) is 3.02. The Hall–Kier alpha value is -0.420. The summed E-state index contributed by atoms with van der Waals surface area (Å²) in [6.07, 6.45) is 3.14. The molecule has 1 rings (SSSR count). The van der Waals surface area contributed by atoms with E-state index in [9.17, 15) is 4.79 Å². The molecule has 3 N–H and O–H groups in total. The van der Waals surface area contributed by atoms with Crippen molar-refractivity contribution in [1.82, 2.24) is 10.3 Å². The summed E-state index contributed by atoms with van der Waals surface area (Å²) in [5.74, 6) is 4.99. The number of carbonyl (C=O) groups is 1. The van der Waals surface area contributed by atoms with Gasteiger partial charge in [-0.2, -0.15) is 11.8 Å². The Labute approximate surface area is 70.5 Å². The molecule has 0 spiro atoms. The lowest BCUT2D eigenvalue weighted by molar-refractivity contribution is 0.209. The van der Waals surface area contributed by atoms with Crippen LogP contribution in [0.15, 0.2) is 0 Å². The van der Waals surface area contributed by atoms with E-state index in [1.165, 1.54) is 0 Å². The molecule has 1 aliphatic rings. The molecule has 2 amide bonds. The first-order chi connectivity index (χ1) is 5.27. The summed E-state index contributed by atoms with van der Waals surface area (Å²) >= 11 is 1.80. The number of rotatable bonds is 1. The Morgan fingerprint density at radius 3 is 3.00 bits per heavy atom. The van der Waals surface area contributed by atoms with E-state index in [-0.39, 0.29) is 6.03 Å². The maximum atomic E-state index is 11.0. The average Bonchev–Trinajstić information content (AvgIpc) is 2.50. The van der Waals surface area contributed by atoms with Gasteiger partial charge in [0.05, 0.1) is 0 Å². The molecule has 11 heavy (non-hydrogen) atoms. The molecule has 1 fully saturated rings. The van der Waals surface area contributed by atoms with Gasteiger partial charge in [0.1, 0.15) is 0 Å². The number of hydrazine groups is 1. The second-order valence-corrected chi connectivity index (χ2v) is 3.68. The van der Waals surface area contributed by atoms with Crippen LogP contribution in [0.5, 0.6) is 0 Å². The van der Waals surface area contributed by atoms with Crippen LogP contribution < -0.4 is 11.3 Å². The minimum atomic E-state index is -0.165. The number of urea groups is 1. The molecule has 5 heteroatoms. The molecule has 1 aliphatic heterocycles. The highest BCUT2D eigenvalue weighted by molar-refractivity contribution is 7.99. The van der Waals surface area contributed by atoms with E-state index in [2.05, 4.69) is 11.7 Å². The van der Waals surface area contributed by atoms with Crippen LogP contribution >= 0.6 is 11.8 Å². The minimum absolute atomic E-state index is 0.165. The fourth-order valence-corrected chi connectivity index (χ4v) is 1.87. The number of hydrogen-bond acceptors (Lipinski definition) is 3. The van der Waals surface area contributed by atoms with Crippen molar-refractivity contribution in [3.05, 3.63) is 0 Å². The van der Waals surface area contributed by atoms with Crippen LogP contribution in [0.2, 0.25) is 0 Å². The third-order valence-corrected chi connectivity index (χ3v) is 2.94. The first kappa shape index (κ1) is 8.67. The maximum Gasteiger partial charge on any atom is 0.331 e. The van der Waals surface area contributed by atoms with E-state index < -0.39 is 0 Å². The van der Waals surface area contributed by atoms with Crippen molar-refractivity contribution in [2.24, 2.45) is 5.84 Å². The lowest BCUT2D eigenvalue weighted by Gasteiger charge is -2.14. The monoisotopic (exact) mass is 175 g/mol. The van der Waals surface area contributed by atoms with Crippen molar-refractivity contribution >= 4 is 17.8 Å². The first-order valence-electron chi connectivity index (χ1n) is 3.56. The standard InChI is InChI=1S/C6H13N3OS/c1-11-5-2-3-9(4-5)6(10)8-7/h5H,2-4,7H2,1H3,(H,8,10). The molecule has 1 unspecified atom stereocenters. The van der Waals surface area contributed by atoms with Crippen LogP contribution in [-0.2, 0) is 0 Å². The summed E-state index contributed by atoms with van der Waals surface area (Å²) in [5, 5.41) is 0.590. The summed E-state index contributed by atoms with van der Waals surface area (Å²) in [5.41, 5.74) is 2.13. The van der Waals surface area contributed by atoms with Gasteiger partial charge in [-0.3, -0.25) is 5.43 Å². The summed E-state index contributed by atoms with van der Waals surface area (Å²) in [4.78, 5) is 12.7. The van der Waals surface area contributed by atoms with Gasteiger partial charge in [-0.05, 0) is 12.7 Å². The molecule has 0 aromatic rings. The van der Waals surface area contributed by atoms with Crippen molar-refractivity contribution in [1.29, 1.82) is 0 Å². The second-order valence-electron chi connectivity index (χ2n) is 2.54. The van der Waals surface area contributed by atoms with Crippen molar-refractivity contribution in [2.45, 2.75) is 11.7 Å². The maximum absolute atomic E-state index is 11.0. The third kappa shape index (κ3) is 2.00. The molecular weight excluding hydrogens is 162 g/mol. The smallest absolute Gasteiger partial charge is 0.323 e. The van der Waals surface area contributed by atoms with Gasteiger partial charge >= 0.3 is 6.03 Å². The van der Waals surface area contributed by atoms with Crippen molar-refractivity contribution in [3.8, 4) is 0 Å². The molecule has 1 saturated heterocycles. The van der Waals surface area contributed by atoms with E-state index in [0.29, 0.717) is 5.25 Å². The van der Waals surface area contributed by atoms with Gasteiger partial charge in [0.15, 0.2) is 0 Å². The molecule has 0 bridgehead atoms. The van der Waals surface area contributed by atoms with Gasteiger partial charge in [-0.1, -0.05) is 0 Å².